The van der Waals surface area contributed by atoms with Gasteiger partial charge in [-0.2, -0.15) is 0 Å². The number of carbonyl (C=O) groups excluding carboxylic acids is 1. The monoisotopic (exact) mass is 282 g/mol. The highest BCUT2D eigenvalue weighted by atomic mass is 16.6. The van der Waals surface area contributed by atoms with Crippen LogP contribution in [-0.4, -0.2) is 25.3 Å². The second-order valence-corrected chi connectivity index (χ2v) is 5.41. The molecule has 0 heterocycles. The van der Waals surface area contributed by atoms with Crippen LogP contribution in [0.2, 0.25) is 0 Å². The van der Waals surface area contributed by atoms with Crippen LogP contribution in [0.3, 0.4) is 0 Å². The number of carbonyl (C=O) groups is 1. The van der Waals surface area contributed by atoms with Gasteiger partial charge in [-0.1, -0.05) is 27.2 Å². The third-order valence-corrected chi connectivity index (χ3v) is 2.83. The topological polar surface area (TPSA) is 35.5 Å². The molecule has 0 aliphatic carbocycles. The van der Waals surface area contributed by atoms with E-state index in [2.05, 4.69) is 32.6 Å². The van der Waals surface area contributed by atoms with E-state index in [-0.39, 0.29) is 5.97 Å². The Bertz CT molecular complexity index is 299. The van der Waals surface area contributed by atoms with Gasteiger partial charge >= 0.3 is 5.97 Å². The van der Waals surface area contributed by atoms with E-state index in [1.165, 1.54) is 0 Å². The van der Waals surface area contributed by atoms with Crippen LogP contribution in [0.15, 0.2) is 0 Å². The first-order chi connectivity index (χ1) is 9.61. The predicted octanol–water partition coefficient (Wildman–Crippen LogP) is 3.95. The van der Waals surface area contributed by atoms with Gasteiger partial charge < -0.3 is 9.47 Å². The van der Waals surface area contributed by atoms with E-state index in [1.54, 1.807) is 0 Å². The molecule has 0 saturated heterocycles. The summed E-state index contributed by atoms with van der Waals surface area (Å²) in [5.41, 5.74) is 0. The lowest BCUT2D eigenvalue weighted by molar-refractivity contribution is -0.158. The Morgan fingerprint density at radius 1 is 1.20 bits per heavy atom. The van der Waals surface area contributed by atoms with Crippen LogP contribution in [0.4, 0.5) is 0 Å². The van der Waals surface area contributed by atoms with Crippen molar-refractivity contribution >= 4 is 5.97 Å². The van der Waals surface area contributed by atoms with Crippen molar-refractivity contribution in [2.24, 2.45) is 5.92 Å². The fourth-order valence-electron chi connectivity index (χ4n) is 1.66. The Balaban J connectivity index is 4.09. The Kier molecular flexibility index (Phi) is 12.3. The number of hydrogen-bond acceptors (Lipinski definition) is 3. The zero-order chi connectivity index (χ0) is 15.2. The maximum atomic E-state index is 12.0. The molecular formula is C17H30O3. The molecule has 0 N–H and O–H groups in total. The first-order valence-corrected chi connectivity index (χ1v) is 7.79. The first kappa shape index (κ1) is 19.0. The van der Waals surface area contributed by atoms with Crippen LogP contribution >= 0.6 is 0 Å². The fourth-order valence-corrected chi connectivity index (χ4v) is 1.66. The van der Waals surface area contributed by atoms with Crippen molar-refractivity contribution in [1.29, 1.82) is 0 Å². The third kappa shape index (κ3) is 10.9. The van der Waals surface area contributed by atoms with Crippen LogP contribution in [0, 0.1) is 17.8 Å². The number of unbranched alkanes of at least 4 members (excludes halogenated alkanes) is 3. The molecule has 0 rings (SSSR count). The molecule has 1 unspecified atom stereocenters. The smallest absolute Gasteiger partial charge is 0.335 e. The Hall–Kier alpha value is -1.01. The molecule has 0 aromatic rings. The van der Waals surface area contributed by atoms with Gasteiger partial charge in [0.25, 0.3) is 0 Å². The lowest BCUT2D eigenvalue weighted by Crippen LogP contribution is -2.28. The van der Waals surface area contributed by atoms with Crippen molar-refractivity contribution < 1.29 is 14.3 Å². The number of esters is 1. The molecule has 0 aromatic carbocycles. The van der Waals surface area contributed by atoms with Crippen LogP contribution in [0.5, 0.6) is 0 Å². The van der Waals surface area contributed by atoms with E-state index in [0.29, 0.717) is 19.1 Å². The minimum atomic E-state index is -0.413. The molecule has 0 radical (unpaired) electrons. The quantitative estimate of drug-likeness (QED) is 0.327. The molecule has 20 heavy (non-hydrogen) atoms. The second kappa shape index (κ2) is 13.0. The van der Waals surface area contributed by atoms with E-state index in [4.69, 9.17) is 9.47 Å². The summed E-state index contributed by atoms with van der Waals surface area (Å²) in [6.07, 6.45) is 5.09. The van der Waals surface area contributed by atoms with E-state index in [1.807, 2.05) is 6.92 Å². The standard InChI is InChI=1S/C17H30O3/c1-5-7-9-10-11-12-16(20-14-15(3)4)17(18)19-13-8-6-2/h15-16H,6,8-14H2,1-4H3. The zero-order valence-electron chi connectivity index (χ0n) is 13.5. The van der Waals surface area contributed by atoms with E-state index in [9.17, 15) is 4.79 Å². The summed E-state index contributed by atoms with van der Waals surface area (Å²) in [7, 11) is 0. The van der Waals surface area contributed by atoms with Gasteiger partial charge in [-0.05, 0) is 38.5 Å². The van der Waals surface area contributed by atoms with E-state index in [0.717, 1.165) is 38.5 Å². The summed E-state index contributed by atoms with van der Waals surface area (Å²) >= 11 is 0. The molecule has 0 amide bonds. The highest BCUT2D eigenvalue weighted by molar-refractivity contribution is 5.74. The summed E-state index contributed by atoms with van der Waals surface area (Å²) in [5.74, 6) is 6.13. The molecule has 0 spiro atoms. The van der Waals surface area contributed by atoms with Gasteiger partial charge in [0.1, 0.15) is 0 Å². The molecule has 0 aliphatic rings. The molecule has 0 bridgehead atoms. The summed E-state index contributed by atoms with van der Waals surface area (Å²) in [6.45, 7) is 9.18. The van der Waals surface area contributed by atoms with Crippen molar-refractivity contribution in [3.8, 4) is 11.8 Å². The molecule has 0 aliphatic heterocycles. The summed E-state index contributed by atoms with van der Waals surface area (Å²) < 4.78 is 11.0. The molecule has 0 fully saturated rings. The van der Waals surface area contributed by atoms with Crippen LogP contribution in [0.25, 0.3) is 0 Å². The fraction of sp³-hybridized carbons (Fsp3) is 0.824. The van der Waals surface area contributed by atoms with Crippen molar-refractivity contribution in [2.45, 2.75) is 72.3 Å². The minimum absolute atomic E-state index is 0.208. The van der Waals surface area contributed by atoms with Crippen LogP contribution in [-0.2, 0) is 14.3 Å². The number of hydrogen-bond donors (Lipinski definition) is 0. The third-order valence-electron chi connectivity index (χ3n) is 2.83. The normalized spacial score (nSPS) is 11.8. The Labute approximate surface area is 124 Å². The van der Waals surface area contributed by atoms with Gasteiger partial charge in [-0.3, -0.25) is 0 Å². The molecular weight excluding hydrogens is 252 g/mol. The summed E-state index contributed by atoms with van der Waals surface area (Å²) in [6, 6.07) is 0. The number of rotatable bonds is 11. The van der Waals surface area contributed by atoms with Gasteiger partial charge in [-0.15, -0.1) is 11.8 Å². The maximum Gasteiger partial charge on any atom is 0.335 e. The summed E-state index contributed by atoms with van der Waals surface area (Å²) in [4.78, 5) is 12.0. The van der Waals surface area contributed by atoms with Gasteiger partial charge in [-0.25, -0.2) is 4.79 Å². The zero-order valence-corrected chi connectivity index (χ0v) is 13.5. The molecule has 1 atom stereocenters. The Morgan fingerprint density at radius 2 is 1.95 bits per heavy atom. The SMILES string of the molecule is CC#CCCCCC(OCC(C)C)C(=O)OCCCC. The van der Waals surface area contributed by atoms with Gasteiger partial charge in [0.15, 0.2) is 6.10 Å². The Morgan fingerprint density at radius 3 is 2.55 bits per heavy atom. The van der Waals surface area contributed by atoms with Crippen molar-refractivity contribution in [3.63, 3.8) is 0 Å². The van der Waals surface area contributed by atoms with Gasteiger partial charge in [0, 0.05) is 6.42 Å². The average Bonchev–Trinajstić information content (AvgIpc) is 2.41. The maximum absolute atomic E-state index is 12.0. The molecule has 3 heteroatoms. The summed E-state index contributed by atoms with van der Waals surface area (Å²) in [5, 5.41) is 0. The largest absolute Gasteiger partial charge is 0.464 e. The minimum Gasteiger partial charge on any atom is -0.464 e. The first-order valence-electron chi connectivity index (χ1n) is 7.79. The molecule has 0 saturated carbocycles. The van der Waals surface area contributed by atoms with E-state index < -0.39 is 6.10 Å². The van der Waals surface area contributed by atoms with Gasteiger partial charge in [0.2, 0.25) is 0 Å². The molecule has 116 valence electrons. The molecule has 3 nitrogen and oxygen atoms in total. The van der Waals surface area contributed by atoms with Crippen molar-refractivity contribution in [1.82, 2.24) is 0 Å². The van der Waals surface area contributed by atoms with Crippen LogP contribution < -0.4 is 0 Å². The average molecular weight is 282 g/mol. The van der Waals surface area contributed by atoms with Gasteiger partial charge in [0.05, 0.1) is 13.2 Å². The van der Waals surface area contributed by atoms with Crippen molar-refractivity contribution in [2.75, 3.05) is 13.2 Å². The lowest BCUT2D eigenvalue weighted by Gasteiger charge is -2.18. The highest BCUT2D eigenvalue weighted by Gasteiger charge is 2.20. The second-order valence-electron chi connectivity index (χ2n) is 5.41. The highest BCUT2D eigenvalue weighted by Crippen LogP contribution is 2.11. The predicted molar refractivity (Wildman–Crippen MR) is 82.4 cm³/mol. The van der Waals surface area contributed by atoms with E-state index >= 15 is 0 Å². The van der Waals surface area contributed by atoms with Crippen LogP contribution in [0.1, 0.15) is 66.2 Å². The molecule has 0 aromatic heterocycles. The lowest BCUT2D eigenvalue weighted by atomic mass is 10.1. The number of ether oxygens (including phenoxy) is 2. The van der Waals surface area contributed by atoms with Crippen molar-refractivity contribution in [3.05, 3.63) is 0 Å².